The van der Waals surface area contributed by atoms with E-state index in [9.17, 15) is 14.4 Å². The molecule has 0 aromatic carbocycles. The van der Waals surface area contributed by atoms with E-state index in [2.05, 4.69) is 5.32 Å². The first-order chi connectivity index (χ1) is 6.43. The molecule has 0 saturated carbocycles. The van der Waals surface area contributed by atoms with Crippen molar-refractivity contribution in [3.63, 3.8) is 0 Å². The van der Waals surface area contributed by atoms with E-state index < -0.39 is 17.9 Å². The average molecular weight is 202 g/mol. The smallest absolute Gasteiger partial charge is 0.394 e. The number of imide groups is 1. The van der Waals surface area contributed by atoms with Gasteiger partial charge in [-0.15, -0.1) is 0 Å². The number of hydrogen-bond donors (Lipinski definition) is 3. The van der Waals surface area contributed by atoms with Gasteiger partial charge < -0.3 is 10.4 Å². The number of carbonyl (C=O) groups is 3. The molecule has 0 spiro atoms. The van der Waals surface area contributed by atoms with Gasteiger partial charge in [-0.2, -0.15) is 0 Å². The summed E-state index contributed by atoms with van der Waals surface area (Å²) in [4.78, 5) is 31.3. The Kier molecular flexibility index (Phi) is 5.28. The van der Waals surface area contributed by atoms with E-state index in [1.54, 1.807) is 5.32 Å². The lowest BCUT2D eigenvalue weighted by molar-refractivity contribution is -0.149. The predicted molar refractivity (Wildman–Crippen MR) is 48.6 cm³/mol. The van der Waals surface area contributed by atoms with Crippen LogP contribution >= 0.6 is 0 Å². The highest BCUT2D eigenvalue weighted by atomic mass is 16.4. The van der Waals surface area contributed by atoms with Gasteiger partial charge in [0.25, 0.3) is 0 Å². The van der Waals surface area contributed by atoms with Crippen molar-refractivity contribution < 1.29 is 19.5 Å². The van der Waals surface area contributed by atoms with Crippen molar-refractivity contribution in [1.82, 2.24) is 10.6 Å². The van der Waals surface area contributed by atoms with Crippen molar-refractivity contribution in [2.45, 2.75) is 20.3 Å². The molecule has 0 rings (SSSR count). The van der Waals surface area contributed by atoms with Crippen LogP contribution in [0, 0.1) is 5.92 Å². The molecule has 0 heterocycles. The molecule has 6 heteroatoms. The summed E-state index contributed by atoms with van der Waals surface area (Å²) in [5.41, 5.74) is 0. The minimum absolute atomic E-state index is 0.413. The number of carboxylic acids is 1. The van der Waals surface area contributed by atoms with E-state index in [0.29, 0.717) is 12.5 Å². The molecule has 0 fully saturated rings. The van der Waals surface area contributed by atoms with Crippen molar-refractivity contribution in [3.8, 4) is 0 Å². The van der Waals surface area contributed by atoms with E-state index >= 15 is 0 Å². The van der Waals surface area contributed by atoms with Gasteiger partial charge >= 0.3 is 17.9 Å². The Morgan fingerprint density at radius 3 is 2.29 bits per heavy atom. The van der Waals surface area contributed by atoms with Gasteiger partial charge in [0.15, 0.2) is 0 Å². The fraction of sp³-hybridized carbons (Fsp3) is 0.625. The molecule has 14 heavy (non-hydrogen) atoms. The minimum atomic E-state index is -1.68. The van der Waals surface area contributed by atoms with Gasteiger partial charge in [-0.1, -0.05) is 13.8 Å². The van der Waals surface area contributed by atoms with Gasteiger partial charge in [0.05, 0.1) is 0 Å². The maximum Gasteiger partial charge on any atom is 0.394 e. The Balaban J connectivity index is 3.66. The number of carboxylic acid groups (broad SMARTS) is 1. The molecule has 0 atom stereocenters. The van der Waals surface area contributed by atoms with Crippen LogP contribution in [0.3, 0.4) is 0 Å². The normalized spacial score (nSPS) is 9.64. The molecule has 0 aromatic heterocycles. The second kappa shape index (κ2) is 5.95. The van der Waals surface area contributed by atoms with Gasteiger partial charge in [0, 0.05) is 6.54 Å². The Morgan fingerprint density at radius 2 is 1.86 bits per heavy atom. The third kappa shape index (κ3) is 5.99. The quantitative estimate of drug-likeness (QED) is 0.559. The minimum Gasteiger partial charge on any atom is -0.474 e. The number of hydrogen-bond acceptors (Lipinski definition) is 3. The second-order valence-electron chi connectivity index (χ2n) is 3.20. The first-order valence-electron chi connectivity index (χ1n) is 4.25. The SMILES string of the molecule is CC(C)CCNC(=O)NC(=O)C(=O)O. The maximum absolute atomic E-state index is 10.8. The summed E-state index contributed by atoms with van der Waals surface area (Å²) >= 11 is 0. The summed E-state index contributed by atoms with van der Waals surface area (Å²) in [6, 6.07) is -0.780. The van der Waals surface area contributed by atoms with Crippen molar-refractivity contribution in [2.24, 2.45) is 5.92 Å². The zero-order valence-corrected chi connectivity index (χ0v) is 8.16. The first-order valence-corrected chi connectivity index (χ1v) is 4.25. The van der Waals surface area contributed by atoms with Crippen LogP contribution in [0.25, 0.3) is 0 Å². The zero-order chi connectivity index (χ0) is 11.1. The van der Waals surface area contributed by atoms with Gasteiger partial charge in [-0.3, -0.25) is 10.1 Å². The standard InChI is InChI=1S/C8H14N2O4/c1-5(2)3-4-9-8(14)10-6(11)7(12)13/h5H,3-4H2,1-2H3,(H,12,13)(H2,9,10,11,14). The number of amides is 3. The van der Waals surface area contributed by atoms with E-state index in [1.807, 2.05) is 13.8 Å². The van der Waals surface area contributed by atoms with Crippen LogP contribution in [-0.4, -0.2) is 29.6 Å². The van der Waals surface area contributed by atoms with Crippen molar-refractivity contribution in [3.05, 3.63) is 0 Å². The highest BCUT2D eigenvalue weighted by Gasteiger charge is 2.13. The average Bonchev–Trinajstić information content (AvgIpc) is 2.02. The largest absolute Gasteiger partial charge is 0.474 e. The van der Waals surface area contributed by atoms with Crippen LogP contribution in [0.15, 0.2) is 0 Å². The summed E-state index contributed by atoms with van der Waals surface area (Å²) in [6.45, 7) is 4.39. The second-order valence-corrected chi connectivity index (χ2v) is 3.20. The van der Waals surface area contributed by atoms with Crippen molar-refractivity contribution in [1.29, 1.82) is 0 Å². The zero-order valence-electron chi connectivity index (χ0n) is 8.16. The van der Waals surface area contributed by atoms with Gasteiger partial charge in [-0.25, -0.2) is 9.59 Å². The topological polar surface area (TPSA) is 95.5 Å². The molecule has 0 aromatic rings. The predicted octanol–water partition coefficient (Wildman–Crippen LogP) is -0.0571. The van der Waals surface area contributed by atoms with Gasteiger partial charge in [-0.05, 0) is 12.3 Å². The summed E-state index contributed by atoms with van der Waals surface area (Å²) in [5, 5.41) is 12.2. The molecule has 3 N–H and O–H groups in total. The van der Waals surface area contributed by atoms with Crippen LogP contribution < -0.4 is 10.6 Å². The highest BCUT2D eigenvalue weighted by Crippen LogP contribution is 1.95. The van der Waals surface area contributed by atoms with Gasteiger partial charge in [0.2, 0.25) is 0 Å². The number of aliphatic carboxylic acids is 1. The molecule has 0 aliphatic carbocycles. The van der Waals surface area contributed by atoms with E-state index in [1.165, 1.54) is 0 Å². The fourth-order valence-electron chi connectivity index (χ4n) is 0.675. The molecular weight excluding hydrogens is 188 g/mol. The van der Waals surface area contributed by atoms with Crippen LogP contribution in [0.4, 0.5) is 4.79 Å². The third-order valence-electron chi connectivity index (χ3n) is 1.43. The Labute approximate surface area is 81.7 Å². The lowest BCUT2D eigenvalue weighted by atomic mass is 10.1. The summed E-state index contributed by atoms with van der Waals surface area (Å²) in [6.07, 6.45) is 0.773. The molecule has 0 saturated heterocycles. The number of nitrogens with one attached hydrogen (secondary N) is 2. The molecule has 0 aliphatic heterocycles. The number of carbonyl (C=O) groups excluding carboxylic acids is 2. The number of rotatable bonds is 3. The molecule has 0 unspecified atom stereocenters. The Bertz CT molecular complexity index is 237. The molecule has 0 bridgehead atoms. The lowest BCUT2D eigenvalue weighted by Gasteiger charge is -2.06. The van der Waals surface area contributed by atoms with Gasteiger partial charge in [0.1, 0.15) is 0 Å². The van der Waals surface area contributed by atoms with Crippen LogP contribution in [0.5, 0.6) is 0 Å². The summed E-state index contributed by atoms with van der Waals surface area (Å²) < 4.78 is 0. The van der Waals surface area contributed by atoms with E-state index in [4.69, 9.17) is 5.11 Å². The highest BCUT2D eigenvalue weighted by molar-refractivity contribution is 6.34. The molecule has 0 radical (unpaired) electrons. The summed E-state index contributed by atoms with van der Waals surface area (Å²) in [5.74, 6) is -2.57. The molecule has 3 amide bonds. The van der Waals surface area contributed by atoms with Crippen LogP contribution in [-0.2, 0) is 9.59 Å². The lowest BCUT2D eigenvalue weighted by Crippen LogP contribution is -2.43. The Hall–Kier alpha value is -1.59. The molecule has 6 nitrogen and oxygen atoms in total. The molecule has 80 valence electrons. The van der Waals surface area contributed by atoms with Crippen molar-refractivity contribution in [2.75, 3.05) is 6.54 Å². The van der Waals surface area contributed by atoms with Crippen LogP contribution in [0.2, 0.25) is 0 Å². The third-order valence-corrected chi connectivity index (χ3v) is 1.43. The van der Waals surface area contributed by atoms with E-state index in [-0.39, 0.29) is 0 Å². The van der Waals surface area contributed by atoms with Crippen LogP contribution in [0.1, 0.15) is 20.3 Å². The first kappa shape index (κ1) is 12.4. The number of urea groups is 1. The Morgan fingerprint density at radius 1 is 1.29 bits per heavy atom. The molecular formula is C8H14N2O4. The summed E-state index contributed by atoms with van der Waals surface area (Å²) in [7, 11) is 0. The maximum atomic E-state index is 10.8. The van der Waals surface area contributed by atoms with E-state index in [0.717, 1.165) is 6.42 Å². The monoisotopic (exact) mass is 202 g/mol. The van der Waals surface area contributed by atoms with Crippen molar-refractivity contribution >= 4 is 17.9 Å². The fourth-order valence-corrected chi connectivity index (χ4v) is 0.675. The molecule has 0 aliphatic rings.